The van der Waals surface area contributed by atoms with E-state index in [0.29, 0.717) is 6.54 Å². The zero-order valence-electron chi connectivity index (χ0n) is 11.3. The lowest BCUT2D eigenvalue weighted by Crippen LogP contribution is -2.35. The molecule has 0 fully saturated rings. The summed E-state index contributed by atoms with van der Waals surface area (Å²) in [6, 6.07) is 16.8. The lowest BCUT2D eigenvalue weighted by molar-refractivity contribution is 0.741. The van der Waals surface area contributed by atoms with Gasteiger partial charge in [0, 0.05) is 10.9 Å². The van der Waals surface area contributed by atoms with E-state index in [1.54, 1.807) is 11.8 Å². The summed E-state index contributed by atoms with van der Waals surface area (Å²) in [5.74, 6) is 0. The maximum atomic E-state index is 6.42. The molecule has 3 rings (SSSR count). The Morgan fingerprint density at radius 3 is 2.60 bits per heavy atom. The molecule has 0 bridgehead atoms. The van der Waals surface area contributed by atoms with Gasteiger partial charge < -0.3 is 11.5 Å². The molecule has 0 aromatic heterocycles. The van der Waals surface area contributed by atoms with Gasteiger partial charge in [0.15, 0.2) is 0 Å². The van der Waals surface area contributed by atoms with Crippen LogP contribution in [0.2, 0.25) is 0 Å². The minimum Gasteiger partial charge on any atom is -0.330 e. The van der Waals surface area contributed by atoms with Gasteiger partial charge in [0.05, 0.1) is 0 Å². The van der Waals surface area contributed by atoms with Crippen LogP contribution in [0.25, 0.3) is 11.0 Å². The molecule has 1 atom stereocenters. The van der Waals surface area contributed by atoms with Crippen LogP contribution in [0.3, 0.4) is 0 Å². The number of fused-ring (bicyclic) bond motifs is 2. The molecule has 1 unspecified atom stereocenters. The quantitative estimate of drug-likeness (QED) is 0.895. The van der Waals surface area contributed by atoms with Crippen LogP contribution in [0.5, 0.6) is 0 Å². The van der Waals surface area contributed by atoms with Crippen LogP contribution in [-0.4, -0.2) is 12.6 Å². The Bertz CT molecular complexity index is 737. The number of thioether (sulfide) groups is 1. The van der Waals surface area contributed by atoms with Crippen LogP contribution in [0, 0.1) is 0 Å². The fourth-order valence-corrected chi connectivity index (χ4v) is 3.55. The van der Waals surface area contributed by atoms with Crippen molar-refractivity contribution in [1.29, 1.82) is 0 Å². The highest BCUT2D eigenvalue weighted by Gasteiger charge is 2.17. The average molecular weight is 282 g/mol. The van der Waals surface area contributed by atoms with Gasteiger partial charge in [0.25, 0.3) is 0 Å². The molecular formula is C17H18N2S. The van der Waals surface area contributed by atoms with E-state index in [9.17, 15) is 0 Å². The summed E-state index contributed by atoms with van der Waals surface area (Å²) in [7, 11) is 0. The summed E-state index contributed by atoms with van der Waals surface area (Å²) in [6.45, 7) is 0.603. The second-order valence-electron chi connectivity index (χ2n) is 4.92. The molecule has 0 amide bonds. The van der Waals surface area contributed by atoms with E-state index in [-0.39, 0.29) is 6.04 Å². The largest absolute Gasteiger partial charge is 0.330 e. The average Bonchev–Trinajstić information content (AvgIpc) is 2.64. The van der Waals surface area contributed by atoms with E-state index in [0.717, 1.165) is 6.42 Å². The van der Waals surface area contributed by atoms with Gasteiger partial charge in [-0.3, -0.25) is 0 Å². The maximum absolute atomic E-state index is 6.42. The monoisotopic (exact) mass is 282 g/mol. The molecule has 0 radical (unpaired) electrons. The topological polar surface area (TPSA) is 52.0 Å². The number of nitrogens with two attached hydrogens (primary N) is 2. The first-order valence-corrected chi connectivity index (χ1v) is 7.70. The van der Waals surface area contributed by atoms with Gasteiger partial charge in [0.1, 0.15) is 0 Å². The molecule has 2 nitrogen and oxygen atoms in total. The minimum atomic E-state index is -0.0330. The van der Waals surface area contributed by atoms with E-state index in [2.05, 4.69) is 53.9 Å². The molecule has 20 heavy (non-hydrogen) atoms. The van der Waals surface area contributed by atoms with Crippen molar-refractivity contribution >= 4 is 22.7 Å². The summed E-state index contributed by atoms with van der Waals surface area (Å²) in [4.78, 5) is 1.26. The molecule has 1 aliphatic heterocycles. The SMILES string of the molecule is NCCC(N)C1=c2ccccc2=CSc2ccccc21. The Morgan fingerprint density at radius 2 is 1.75 bits per heavy atom. The molecule has 4 N–H and O–H groups in total. The normalized spacial score (nSPS) is 14.8. The van der Waals surface area contributed by atoms with Gasteiger partial charge in [-0.25, -0.2) is 0 Å². The Hall–Kier alpha value is -1.55. The van der Waals surface area contributed by atoms with E-state index in [1.165, 1.54) is 26.5 Å². The van der Waals surface area contributed by atoms with Crippen LogP contribution < -0.4 is 21.9 Å². The van der Waals surface area contributed by atoms with Crippen LogP contribution in [-0.2, 0) is 0 Å². The van der Waals surface area contributed by atoms with Gasteiger partial charge in [-0.15, -0.1) is 0 Å². The summed E-state index contributed by atoms with van der Waals surface area (Å²) in [5.41, 5.74) is 14.6. The van der Waals surface area contributed by atoms with Gasteiger partial charge in [-0.1, -0.05) is 54.2 Å². The summed E-state index contributed by atoms with van der Waals surface area (Å²) in [5, 5.41) is 4.66. The zero-order valence-corrected chi connectivity index (χ0v) is 12.1. The van der Waals surface area contributed by atoms with Gasteiger partial charge in [-0.2, -0.15) is 0 Å². The molecule has 0 saturated heterocycles. The van der Waals surface area contributed by atoms with Crippen LogP contribution in [0.4, 0.5) is 0 Å². The first kappa shape index (κ1) is 13.4. The van der Waals surface area contributed by atoms with Crippen molar-refractivity contribution in [3.8, 4) is 0 Å². The molecule has 1 heterocycles. The zero-order chi connectivity index (χ0) is 13.9. The lowest BCUT2D eigenvalue weighted by atomic mass is 9.94. The Kier molecular flexibility index (Phi) is 3.92. The van der Waals surface area contributed by atoms with Crippen molar-refractivity contribution in [1.82, 2.24) is 0 Å². The van der Waals surface area contributed by atoms with E-state index in [4.69, 9.17) is 11.5 Å². The van der Waals surface area contributed by atoms with Gasteiger partial charge in [-0.05, 0) is 46.0 Å². The Balaban J connectivity index is 2.34. The maximum Gasteiger partial charge on any atom is 0.0319 e. The first-order chi connectivity index (χ1) is 9.81. The Morgan fingerprint density at radius 1 is 1.00 bits per heavy atom. The van der Waals surface area contributed by atoms with Crippen molar-refractivity contribution in [2.75, 3.05) is 6.54 Å². The number of rotatable bonds is 3. The van der Waals surface area contributed by atoms with Crippen molar-refractivity contribution < 1.29 is 0 Å². The third-order valence-corrected chi connectivity index (χ3v) is 4.57. The molecule has 102 valence electrons. The van der Waals surface area contributed by atoms with Crippen molar-refractivity contribution in [2.24, 2.45) is 11.5 Å². The lowest BCUT2D eigenvalue weighted by Gasteiger charge is -2.17. The summed E-state index contributed by atoms with van der Waals surface area (Å²) >= 11 is 1.76. The highest BCUT2D eigenvalue weighted by atomic mass is 32.2. The third-order valence-electron chi connectivity index (χ3n) is 3.59. The standard InChI is InChI=1S/C17H18N2S/c18-10-9-15(19)17-13-6-2-1-5-12(13)11-20-16-8-4-3-7-14(16)17/h1-8,11,15H,9-10,18-19H2. The summed E-state index contributed by atoms with van der Waals surface area (Å²) < 4.78 is 0. The number of benzene rings is 2. The number of hydrogen-bond donors (Lipinski definition) is 2. The molecule has 2 aromatic rings. The van der Waals surface area contributed by atoms with Crippen LogP contribution in [0.15, 0.2) is 53.4 Å². The molecule has 0 aliphatic carbocycles. The molecule has 0 saturated carbocycles. The van der Waals surface area contributed by atoms with Gasteiger partial charge >= 0.3 is 0 Å². The smallest absolute Gasteiger partial charge is 0.0319 e. The third kappa shape index (κ3) is 2.40. The van der Waals surface area contributed by atoms with E-state index in [1.807, 2.05) is 0 Å². The molecule has 0 spiro atoms. The van der Waals surface area contributed by atoms with Gasteiger partial charge in [0.2, 0.25) is 0 Å². The van der Waals surface area contributed by atoms with E-state index >= 15 is 0 Å². The molecular weight excluding hydrogens is 264 g/mol. The highest BCUT2D eigenvalue weighted by Crippen LogP contribution is 2.30. The van der Waals surface area contributed by atoms with Crippen molar-refractivity contribution in [3.05, 3.63) is 64.5 Å². The van der Waals surface area contributed by atoms with Crippen molar-refractivity contribution in [2.45, 2.75) is 17.4 Å². The minimum absolute atomic E-state index is 0.0330. The predicted molar refractivity (Wildman–Crippen MR) is 86.6 cm³/mol. The highest BCUT2D eigenvalue weighted by molar-refractivity contribution is 8.06. The molecule has 1 aliphatic rings. The van der Waals surface area contributed by atoms with Crippen LogP contribution >= 0.6 is 11.8 Å². The first-order valence-electron chi connectivity index (χ1n) is 6.82. The Labute approximate surface area is 123 Å². The fraction of sp³-hybridized carbons (Fsp3) is 0.176. The number of hydrogen-bond acceptors (Lipinski definition) is 3. The second-order valence-corrected chi connectivity index (χ2v) is 5.83. The van der Waals surface area contributed by atoms with Crippen molar-refractivity contribution in [3.63, 3.8) is 0 Å². The summed E-state index contributed by atoms with van der Waals surface area (Å²) in [6.07, 6.45) is 0.794. The predicted octanol–water partition coefficient (Wildman–Crippen LogP) is 1.41. The van der Waals surface area contributed by atoms with E-state index < -0.39 is 0 Å². The fourth-order valence-electron chi connectivity index (χ4n) is 2.63. The molecule has 3 heteroatoms. The molecule has 2 aromatic carbocycles. The van der Waals surface area contributed by atoms with Crippen LogP contribution in [0.1, 0.15) is 12.0 Å². The second kappa shape index (κ2) is 5.83.